The minimum absolute atomic E-state index is 0.0723. The van der Waals surface area contributed by atoms with Crippen molar-refractivity contribution >= 4 is 38.7 Å². The van der Waals surface area contributed by atoms with E-state index in [0.29, 0.717) is 9.35 Å². The molecule has 2 aromatic rings. The minimum atomic E-state index is -0.537. The van der Waals surface area contributed by atoms with Crippen LogP contribution in [0.5, 0.6) is 5.75 Å². The lowest BCUT2D eigenvalue weighted by Crippen LogP contribution is -2.11. The first-order valence-electron chi connectivity index (χ1n) is 6.20. The van der Waals surface area contributed by atoms with Gasteiger partial charge in [-0.15, -0.1) is 11.3 Å². The molecule has 0 aliphatic carbocycles. The summed E-state index contributed by atoms with van der Waals surface area (Å²) in [5.74, 6) is -0.118. The van der Waals surface area contributed by atoms with E-state index in [1.165, 1.54) is 17.4 Å². The Balaban J connectivity index is 2.13. The van der Waals surface area contributed by atoms with E-state index < -0.39 is 4.92 Å². The van der Waals surface area contributed by atoms with Gasteiger partial charge >= 0.3 is 5.69 Å². The number of hydrogen-bond acceptors (Lipinski definition) is 5. The monoisotopic (exact) mass is 369 g/mol. The lowest BCUT2D eigenvalue weighted by atomic mass is 10.3. The topological polar surface area (TPSA) is 69.4 Å². The van der Waals surface area contributed by atoms with Gasteiger partial charge in [0.1, 0.15) is 0 Å². The zero-order valence-electron chi connectivity index (χ0n) is 11.2. The number of ketones is 1. The normalized spacial score (nSPS) is 10.4. The minimum Gasteiger partial charge on any atom is -0.478 e. The van der Waals surface area contributed by atoms with Crippen LogP contribution in [0.15, 0.2) is 34.8 Å². The highest BCUT2D eigenvalue weighted by molar-refractivity contribution is 9.10. The fourth-order valence-electron chi connectivity index (χ4n) is 1.71. The van der Waals surface area contributed by atoms with Gasteiger partial charge in [0.15, 0.2) is 6.61 Å². The van der Waals surface area contributed by atoms with E-state index in [1.54, 1.807) is 18.2 Å². The fraction of sp³-hybridized carbons (Fsp3) is 0.214. The fourth-order valence-corrected chi connectivity index (χ4v) is 3.05. The Bertz CT molecular complexity index is 683. The first kappa shape index (κ1) is 15.7. The van der Waals surface area contributed by atoms with Crippen LogP contribution in [0.3, 0.4) is 0 Å². The molecular weight excluding hydrogens is 358 g/mol. The third-order valence-corrected chi connectivity index (χ3v) is 4.67. The molecule has 0 radical (unpaired) electrons. The molecule has 21 heavy (non-hydrogen) atoms. The SMILES string of the molecule is CCc1ccc(C(=O)COc2c(Br)cccc2[N+](=O)[O-])s1. The van der Waals surface area contributed by atoms with Gasteiger partial charge in [-0.1, -0.05) is 13.0 Å². The van der Waals surface area contributed by atoms with E-state index >= 15 is 0 Å². The molecular formula is C14H12BrNO4S. The summed E-state index contributed by atoms with van der Waals surface area (Å²) >= 11 is 4.61. The quantitative estimate of drug-likeness (QED) is 0.433. The number of nitro benzene ring substituents is 1. The molecule has 5 nitrogen and oxygen atoms in total. The molecule has 110 valence electrons. The van der Waals surface area contributed by atoms with E-state index in [0.717, 1.165) is 11.3 Å². The van der Waals surface area contributed by atoms with Crippen molar-refractivity contribution in [2.75, 3.05) is 6.61 Å². The van der Waals surface area contributed by atoms with Crippen LogP contribution in [0.4, 0.5) is 5.69 Å². The molecule has 0 aliphatic heterocycles. The van der Waals surface area contributed by atoms with Crippen LogP contribution in [-0.4, -0.2) is 17.3 Å². The molecule has 7 heteroatoms. The molecule has 0 N–H and O–H groups in total. The van der Waals surface area contributed by atoms with Crippen molar-refractivity contribution in [3.63, 3.8) is 0 Å². The molecule has 1 heterocycles. The summed E-state index contributed by atoms with van der Waals surface area (Å²) in [6.07, 6.45) is 0.870. The Morgan fingerprint density at radius 1 is 1.38 bits per heavy atom. The maximum Gasteiger partial charge on any atom is 0.312 e. The van der Waals surface area contributed by atoms with Gasteiger partial charge in [0.2, 0.25) is 11.5 Å². The molecule has 1 aromatic heterocycles. The summed E-state index contributed by atoms with van der Waals surface area (Å²) < 4.78 is 5.81. The molecule has 0 atom stereocenters. The van der Waals surface area contributed by atoms with Crippen molar-refractivity contribution in [3.8, 4) is 5.75 Å². The van der Waals surface area contributed by atoms with Crippen molar-refractivity contribution in [1.29, 1.82) is 0 Å². The average Bonchev–Trinajstić information content (AvgIpc) is 2.94. The maximum atomic E-state index is 12.0. The van der Waals surface area contributed by atoms with Crippen molar-refractivity contribution in [2.24, 2.45) is 0 Å². The number of nitrogens with zero attached hydrogens (tertiary/aromatic N) is 1. The lowest BCUT2D eigenvalue weighted by molar-refractivity contribution is -0.385. The van der Waals surface area contributed by atoms with Crippen LogP contribution in [0.2, 0.25) is 0 Å². The molecule has 1 aromatic carbocycles. The van der Waals surface area contributed by atoms with Gasteiger partial charge < -0.3 is 4.74 Å². The van der Waals surface area contributed by atoms with Crippen molar-refractivity contribution in [2.45, 2.75) is 13.3 Å². The van der Waals surface area contributed by atoms with Crippen LogP contribution in [-0.2, 0) is 6.42 Å². The van der Waals surface area contributed by atoms with Crippen LogP contribution in [0.1, 0.15) is 21.5 Å². The van der Waals surface area contributed by atoms with Crippen LogP contribution < -0.4 is 4.74 Å². The van der Waals surface area contributed by atoms with Gasteiger partial charge in [-0.25, -0.2) is 0 Å². The Labute approximate surface area is 133 Å². The van der Waals surface area contributed by atoms with E-state index in [2.05, 4.69) is 15.9 Å². The number of rotatable bonds is 6. The Kier molecular flexibility index (Phi) is 5.08. The zero-order valence-corrected chi connectivity index (χ0v) is 13.6. The summed E-state index contributed by atoms with van der Waals surface area (Å²) in [5, 5.41) is 11.0. The predicted octanol–water partition coefficient (Wildman–Crippen LogP) is 4.24. The average molecular weight is 370 g/mol. The van der Waals surface area contributed by atoms with Gasteiger partial charge in [0.25, 0.3) is 0 Å². The molecule has 0 fully saturated rings. The summed E-state index contributed by atoms with van der Waals surface area (Å²) in [4.78, 5) is 24.2. The summed E-state index contributed by atoms with van der Waals surface area (Å²) in [6, 6.07) is 8.17. The van der Waals surface area contributed by atoms with Crippen molar-refractivity contribution in [1.82, 2.24) is 0 Å². The summed E-state index contributed by atoms with van der Waals surface area (Å²) in [7, 11) is 0. The van der Waals surface area contributed by atoms with Crippen molar-refractivity contribution < 1.29 is 14.5 Å². The Morgan fingerprint density at radius 2 is 2.14 bits per heavy atom. The predicted molar refractivity (Wildman–Crippen MR) is 84.3 cm³/mol. The molecule has 0 bridgehead atoms. The number of carbonyl (C=O) groups is 1. The molecule has 2 rings (SSSR count). The number of para-hydroxylation sites is 1. The number of ether oxygens (including phenoxy) is 1. The number of Topliss-reactive ketones (excluding diaryl/α,β-unsaturated/α-hetero) is 1. The number of thiophene rings is 1. The smallest absolute Gasteiger partial charge is 0.312 e. The molecule has 0 amide bonds. The molecule has 0 saturated heterocycles. The van der Waals surface area contributed by atoms with E-state index in [9.17, 15) is 14.9 Å². The number of hydrogen-bond donors (Lipinski definition) is 0. The number of aryl methyl sites for hydroxylation is 1. The molecule has 0 saturated carbocycles. The second-order valence-corrected chi connectivity index (χ2v) is 6.20. The zero-order chi connectivity index (χ0) is 15.4. The number of benzene rings is 1. The van der Waals surface area contributed by atoms with Crippen LogP contribution in [0, 0.1) is 10.1 Å². The highest BCUT2D eigenvalue weighted by atomic mass is 79.9. The molecule has 0 aliphatic rings. The first-order chi connectivity index (χ1) is 10.0. The lowest BCUT2D eigenvalue weighted by Gasteiger charge is -2.07. The standard InChI is InChI=1S/C14H12BrNO4S/c1-2-9-6-7-13(21-9)12(17)8-20-14-10(15)4-3-5-11(14)16(18)19/h3-7H,2,8H2,1H3. The van der Waals surface area contributed by atoms with Gasteiger partial charge in [0, 0.05) is 10.9 Å². The molecule has 0 unspecified atom stereocenters. The van der Waals surface area contributed by atoms with Crippen LogP contribution in [0.25, 0.3) is 0 Å². The number of nitro groups is 1. The Morgan fingerprint density at radius 3 is 2.76 bits per heavy atom. The van der Waals surface area contributed by atoms with Gasteiger partial charge in [-0.3, -0.25) is 14.9 Å². The third-order valence-electron chi connectivity index (χ3n) is 2.78. The van der Waals surface area contributed by atoms with Gasteiger partial charge in [-0.05, 0) is 40.5 Å². The highest BCUT2D eigenvalue weighted by Crippen LogP contribution is 2.34. The summed E-state index contributed by atoms with van der Waals surface area (Å²) in [6.45, 7) is 1.79. The largest absolute Gasteiger partial charge is 0.478 e. The van der Waals surface area contributed by atoms with Crippen LogP contribution >= 0.6 is 27.3 Å². The second-order valence-electron chi connectivity index (χ2n) is 4.18. The molecule has 0 spiro atoms. The number of halogens is 1. The van der Waals surface area contributed by atoms with E-state index in [1.807, 2.05) is 13.0 Å². The van der Waals surface area contributed by atoms with Gasteiger partial charge in [-0.2, -0.15) is 0 Å². The summed E-state index contributed by atoms with van der Waals surface area (Å²) in [5.41, 5.74) is -0.169. The van der Waals surface area contributed by atoms with Crippen molar-refractivity contribution in [3.05, 3.63) is 54.7 Å². The van der Waals surface area contributed by atoms with E-state index in [-0.39, 0.29) is 23.8 Å². The second kappa shape index (κ2) is 6.82. The Hall–Kier alpha value is -1.73. The third kappa shape index (κ3) is 3.68. The number of carbonyl (C=O) groups excluding carboxylic acids is 1. The van der Waals surface area contributed by atoms with E-state index in [4.69, 9.17) is 4.74 Å². The highest BCUT2D eigenvalue weighted by Gasteiger charge is 2.19. The van der Waals surface area contributed by atoms with Gasteiger partial charge in [0.05, 0.1) is 14.3 Å². The first-order valence-corrected chi connectivity index (χ1v) is 7.81. The maximum absolute atomic E-state index is 12.0.